The Kier molecular flexibility index (Phi) is 9.80. The summed E-state index contributed by atoms with van der Waals surface area (Å²) in [7, 11) is -6.78. The van der Waals surface area contributed by atoms with E-state index in [9.17, 15) is 21.6 Å². The van der Waals surface area contributed by atoms with Crippen LogP contribution in [0.5, 0.6) is 5.75 Å². The number of rotatable bonds is 12. The third-order valence-electron chi connectivity index (χ3n) is 7.13. The van der Waals surface area contributed by atoms with Crippen molar-refractivity contribution >= 4 is 26.0 Å². The van der Waals surface area contributed by atoms with Gasteiger partial charge in [-0.2, -0.15) is 4.31 Å². The molecule has 2 fully saturated rings. The van der Waals surface area contributed by atoms with E-state index in [4.69, 9.17) is 4.74 Å². The van der Waals surface area contributed by atoms with Crippen LogP contribution in [0.1, 0.15) is 37.7 Å². The van der Waals surface area contributed by atoms with Crippen LogP contribution in [-0.2, 0) is 31.3 Å². The molecule has 0 aliphatic carbocycles. The zero-order valence-electron chi connectivity index (χ0n) is 21.6. The maximum absolute atomic E-state index is 12.7. The smallest absolute Gasteiger partial charge is 0.243 e. The van der Waals surface area contributed by atoms with E-state index in [2.05, 4.69) is 5.32 Å². The molecule has 2 aromatic rings. The Morgan fingerprint density at radius 1 is 0.868 bits per heavy atom. The van der Waals surface area contributed by atoms with E-state index in [-0.39, 0.29) is 29.1 Å². The normalized spacial score (nSPS) is 17.9. The maximum atomic E-state index is 12.7. The molecule has 2 aliphatic rings. The van der Waals surface area contributed by atoms with Crippen molar-refractivity contribution < 1.29 is 26.4 Å². The molecule has 11 heteroatoms. The molecule has 0 spiro atoms. The number of ether oxygens (including phenoxy) is 1. The van der Waals surface area contributed by atoms with Gasteiger partial charge in [-0.05, 0) is 68.4 Å². The molecule has 1 amide bonds. The summed E-state index contributed by atoms with van der Waals surface area (Å²) in [5.41, 5.74) is 1.13. The van der Waals surface area contributed by atoms with Gasteiger partial charge < -0.3 is 10.1 Å². The first kappa shape index (κ1) is 28.5. The molecular formula is C27H37N3O6S2. The van der Waals surface area contributed by atoms with Crippen molar-refractivity contribution in [3.63, 3.8) is 0 Å². The fraction of sp³-hybridized carbons (Fsp3) is 0.519. The van der Waals surface area contributed by atoms with Crippen LogP contribution in [0.2, 0.25) is 0 Å². The summed E-state index contributed by atoms with van der Waals surface area (Å²) in [6.07, 6.45) is 4.07. The van der Waals surface area contributed by atoms with Crippen molar-refractivity contribution in [2.45, 2.75) is 43.4 Å². The van der Waals surface area contributed by atoms with Gasteiger partial charge in [0.2, 0.25) is 26.0 Å². The highest BCUT2D eigenvalue weighted by molar-refractivity contribution is 7.89. The summed E-state index contributed by atoms with van der Waals surface area (Å²) in [6.45, 7) is 2.39. The Labute approximate surface area is 226 Å². The average Bonchev–Trinajstić information content (AvgIpc) is 3.48. The molecule has 2 aliphatic heterocycles. The second-order valence-electron chi connectivity index (χ2n) is 9.80. The van der Waals surface area contributed by atoms with E-state index in [1.165, 1.54) is 8.61 Å². The molecule has 9 nitrogen and oxygen atoms in total. The number of carbonyl (C=O) groups is 1. The number of amides is 1. The van der Waals surface area contributed by atoms with Crippen molar-refractivity contribution in [1.29, 1.82) is 0 Å². The number of benzene rings is 2. The second-order valence-corrected chi connectivity index (χ2v) is 13.8. The zero-order chi connectivity index (χ0) is 27.0. The molecule has 208 valence electrons. The van der Waals surface area contributed by atoms with Gasteiger partial charge in [0, 0.05) is 32.1 Å². The molecule has 2 aromatic carbocycles. The lowest BCUT2D eigenvalue weighted by atomic mass is 9.97. The van der Waals surface area contributed by atoms with Crippen LogP contribution < -0.4 is 10.1 Å². The van der Waals surface area contributed by atoms with Crippen LogP contribution in [0.15, 0.2) is 59.5 Å². The van der Waals surface area contributed by atoms with Crippen LogP contribution in [0, 0.1) is 5.92 Å². The molecule has 1 N–H and O–H groups in total. The molecular weight excluding hydrogens is 526 g/mol. The molecule has 2 heterocycles. The van der Waals surface area contributed by atoms with Crippen LogP contribution >= 0.6 is 0 Å². The quantitative estimate of drug-likeness (QED) is 0.398. The third kappa shape index (κ3) is 7.56. The number of carbonyl (C=O) groups excluding carboxylic acids is 1. The number of hydrogen-bond donors (Lipinski definition) is 1. The molecule has 0 radical (unpaired) electrons. The Bertz CT molecular complexity index is 1250. The van der Waals surface area contributed by atoms with Gasteiger partial charge in [-0.1, -0.05) is 30.3 Å². The highest BCUT2D eigenvalue weighted by atomic mass is 32.2. The van der Waals surface area contributed by atoms with Gasteiger partial charge >= 0.3 is 0 Å². The Balaban J connectivity index is 1.13. The number of aryl methyl sites for hydroxylation is 1. The average molecular weight is 564 g/mol. The minimum absolute atomic E-state index is 0.0956. The van der Waals surface area contributed by atoms with Gasteiger partial charge in [-0.15, -0.1) is 0 Å². The number of hydrogen-bond acceptors (Lipinski definition) is 6. The molecule has 2 saturated heterocycles. The summed E-state index contributed by atoms with van der Waals surface area (Å²) in [5.74, 6) is 0.328. The summed E-state index contributed by atoms with van der Waals surface area (Å²) >= 11 is 0. The van der Waals surface area contributed by atoms with Gasteiger partial charge in [0.1, 0.15) is 12.4 Å². The van der Waals surface area contributed by atoms with Crippen molar-refractivity contribution in [2.75, 3.05) is 45.1 Å². The number of nitrogens with one attached hydrogen (secondary N) is 1. The van der Waals surface area contributed by atoms with Gasteiger partial charge in [-0.25, -0.2) is 21.1 Å². The highest BCUT2D eigenvalue weighted by Gasteiger charge is 2.31. The molecule has 0 saturated carbocycles. The first-order valence-electron chi connectivity index (χ1n) is 13.3. The largest absolute Gasteiger partial charge is 0.492 e. The maximum Gasteiger partial charge on any atom is 0.243 e. The monoisotopic (exact) mass is 563 g/mol. The van der Waals surface area contributed by atoms with Gasteiger partial charge in [0.25, 0.3) is 0 Å². The number of nitrogens with zero attached hydrogens (tertiary/aromatic N) is 2. The number of sulfonamides is 2. The lowest BCUT2D eigenvalue weighted by Gasteiger charge is -2.30. The molecule has 0 bridgehead atoms. The van der Waals surface area contributed by atoms with Crippen LogP contribution in [0.4, 0.5) is 0 Å². The lowest BCUT2D eigenvalue weighted by molar-refractivity contribution is -0.126. The van der Waals surface area contributed by atoms with Gasteiger partial charge in [-0.3, -0.25) is 4.79 Å². The summed E-state index contributed by atoms with van der Waals surface area (Å²) in [6, 6.07) is 16.2. The van der Waals surface area contributed by atoms with Crippen LogP contribution in [0.25, 0.3) is 0 Å². The molecule has 38 heavy (non-hydrogen) atoms. The zero-order valence-corrected chi connectivity index (χ0v) is 23.3. The standard InChI is InChI=1S/C27H37N3O6S2/c31-27(24-14-19-29(20-15-24)37(32,33)22-6-9-23-7-2-1-3-8-23)28-16-21-36-25-10-12-26(13-11-25)38(34,35)30-17-4-5-18-30/h1-3,7-8,10-13,24H,4-6,9,14-22H2,(H,28,31). The van der Waals surface area contributed by atoms with Crippen LogP contribution in [0.3, 0.4) is 0 Å². The predicted molar refractivity (Wildman–Crippen MR) is 146 cm³/mol. The van der Waals surface area contributed by atoms with Crippen molar-refractivity contribution in [1.82, 2.24) is 13.9 Å². The first-order valence-corrected chi connectivity index (χ1v) is 16.3. The fourth-order valence-electron chi connectivity index (χ4n) is 4.90. The van der Waals surface area contributed by atoms with Crippen molar-refractivity contribution in [2.24, 2.45) is 5.92 Å². The summed E-state index contributed by atoms with van der Waals surface area (Å²) in [4.78, 5) is 12.8. The molecule has 0 unspecified atom stereocenters. The first-order chi connectivity index (χ1) is 18.3. The third-order valence-corrected chi connectivity index (χ3v) is 11.0. The van der Waals surface area contributed by atoms with E-state index in [0.29, 0.717) is 57.7 Å². The van der Waals surface area contributed by atoms with Crippen molar-refractivity contribution in [3.05, 3.63) is 60.2 Å². The Morgan fingerprint density at radius 3 is 2.18 bits per heavy atom. The molecule has 0 aromatic heterocycles. The van der Waals surface area contributed by atoms with E-state index in [0.717, 1.165) is 24.8 Å². The SMILES string of the molecule is O=C(NCCOc1ccc(S(=O)(=O)N2CCCC2)cc1)C1CCN(S(=O)(=O)CCCc2ccccc2)CC1. The van der Waals surface area contributed by atoms with Gasteiger partial charge in [0.05, 0.1) is 17.2 Å². The van der Waals surface area contributed by atoms with Crippen LogP contribution in [-0.4, -0.2) is 76.4 Å². The predicted octanol–water partition coefficient (Wildman–Crippen LogP) is 2.64. The lowest BCUT2D eigenvalue weighted by Crippen LogP contribution is -2.44. The van der Waals surface area contributed by atoms with Crippen molar-refractivity contribution in [3.8, 4) is 5.75 Å². The van der Waals surface area contributed by atoms with E-state index in [1.54, 1.807) is 24.3 Å². The van der Waals surface area contributed by atoms with E-state index >= 15 is 0 Å². The molecule has 0 atom stereocenters. The minimum Gasteiger partial charge on any atom is -0.492 e. The topological polar surface area (TPSA) is 113 Å². The van der Waals surface area contributed by atoms with Gasteiger partial charge in [0.15, 0.2) is 0 Å². The summed E-state index contributed by atoms with van der Waals surface area (Å²) < 4.78 is 59.3. The Morgan fingerprint density at radius 2 is 1.53 bits per heavy atom. The minimum atomic E-state index is -3.45. The number of piperidine rings is 1. The summed E-state index contributed by atoms with van der Waals surface area (Å²) in [5, 5.41) is 2.87. The molecule has 4 rings (SSSR count). The highest BCUT2D eigenvalue weighted by Crippen LogP contribution is 2.23. The fourth-order valence-corrected chi connectivity index (χ4v) is 7.95. The van der Waals surface area contributed by atoms with E-state index in [1.807, 2.05) is 30.3 Å². The second kappa shape index (κ2) is 13.1. The Hall–Kier alpha value is -2.47. The van der Waals surface area contributed by atoms with E-state index < -0.39 is 20.0 Å².